The fourth-order valence-electron chi connectivity index (χ4n) is 4.45. The molecule has 2 bridgehead atoms. The standard InChI is InChI=1S/C21H18ClN3O3/c22-14-3-5-15(6-4-14)25-12-21-8-7-16(28-21)17(18(21)20(25)27)19(26)24-11-13-2-1-9-23-10-13/h1-10,16-18H,11-12H2,(H,24,26)/t16-,17-,18-,21+/m1/s1. The van der Waals surface area contributed by atoms with Gasteiger partial charge in [0.2, 0.25) is 11.8 Å². The van der Waals surface area contributed by atoms with E-state index in [2.05, 4.69) is 10.3 Å². The van der Waals surface area contributed by atoms with Crippen LogP contribution in [-0.4, -0.2) is 35.0 Å². The number of aromatic nitrogens is 1. The Morgan fingerprint density at radius 1 is 1.32 bits per heavy atom. The van der Waals surface area contributed by atoms with Gasteiger partial charge in [-0.2, -0.15) is 0 Å². The fourth-order valence-corrected chi connectivity index (χ4v) is 4.57. The lowest BCUT2D eigenvalue weighted by atomic mass is 9.77. The summed E-state index contributed by atoms with van der Waals surface area (Å²) in [5, 5.41) is 3.55. The normalized spacial score (nSPS) is 30.0. The summed E-state index contributed by atoms with van der Waals surface area (Å²) in [6.45, 7) is 0.770. The largest absolute Gasteiger partial charge is 0.360 e. The summed E-state index contributed by atoms with van der Waals surface area (Å²) < 4.78 is 6.14. The Balaban J connectivity index is 1.38. The van der Waals surface area contributed by atoms with Gasteiger partial charge in [0.15, 0.2) is 0 Å². The highest BCUT2D eigenvalue weighted by Gasteiger charge is 2.67. The van der Waals surface area contributed by atoms with E-state index in [1.807, 2.05) is 36.4 Å². The predicted molar refractivity (Wildman–Crippen MR) is 104 cm³/mol. The third-order valence-electron chi connectivity index (χ3n) is 5.73. The number of nitrogens with one attached hydrogen (secondary N) is 1. The molecule has 7 heteroatoms. The van der Waals surface area contributed by atoms with Gasteiger partial charge in [-0.3, -0.25) is 14.6 Å². The number of nitrogens with zero attached hydrogens (tertiary/aromatic N) is 2. The van der Waals surface area contributed by atoms with Crippen molar-refractivity contribution in [1.29, 1.82) is 0 Å². The van der Waals surface area contributed by atoms with E-state index in [0.717, 1.165) is 11.3 Å². The molecule has 1 aromatic carbocycles. The van der Waals surface area contributed by atoms with E-state index in [0.29, 0.717) is 18.1 Å². The average Bonchev–Trinajstić information content (AvgIpc) is 3.36. The minimum Gasteiger partial charge on any atom is -0.360 e. The van der Waals surface area contributed by atoms with Gasteiger partial charge >= 0.3 is 0 Å². The topological polar surface area (TPSA) is 71.5 Å². The number of carbonyl (C=O) groups excluding carboxylic acids is 2. The third kappa shape index (κ3) is 2.64. The number of benzene rings is 1. The number of ether oxygens (including phenoxy) is 1. The van der Waals surface area contributed by atoms with Gasteiger partial charge in [-0.15, -0.1) is 0 Å². The van der Waals surface area contributed by atoms with Crippen LogP contribution in [0.3, 0.4) is 0 Å². The molecule has 3 aliphatic heterocycles. The lowest BCUT2D eigenvalue weighted by molar-refractivity contribution is -0.132. The highest BCUT2D eigenvalue weighted by atomic mass is 35.5. The van der Waals surface area contributed by atoms with Crippen molar-refractivity contribution in [2.45, 2.75) is 18.2 Å². The number of halogens is 1. The Morgan fingerprint density at radius 2 is 2.14 bits per heavy atom. The second-order valence-electron chi connectivity index (χ2n) is 7.38. The summed E-state index contributed by atoms with van der Waals surface area (Å²) in [6.07, 6.45) is 6.88. The summed E-state index contributed by atoms with van der Waals surface area (Å²) >= 11 is 5.97. The number of hydrogen-bond donors (Lipinski definition) is 1. The molecule has 1 aromatic heterocycles. The van der Waals surface area contributed by atoms with Crippen LogP contribution in [0.2, 0.25) is 5.02 Å². The molecule has 2 amide bonds. The first-order chi connectivity index (χ1) is 13.6. The lowest BCUT2D eigenvalue weighted by Gasteiger charge is -2.23. The summed E-state index contributed by atoms with van der Waals surface area (Å²) in [4.78, 5) is 31.9. The number of carbonyl (C=O) groups is 2. The van der Waals surface area contributed by atoms with Gasteiger partial charge < -0.3 is 15.0 Å². The summed E-state index contributed by atoms with van der Waals surface area (Å²) in [7, 11) is 0. The molecule has 2 fully saturated rings. The third-order valence-corrected chi connectivity index (χ3v) is 5.98. The highest BCUT2D eigenvalue weighted by molar-refractivity contribution is 6.30. The van der Waals surface area contributed by atoms with Crippen molar-refractivity contribution in [2.24, 2.45) is 11.8 Å². The number of rotatable bonds is 4. The van der Waals surface area contributed by atoms with Crippen LogP contribution in [0.1, 0.15) is 5.56 Å². The highest BCUT2D eigenvalue weighted by Crippen LogP contribution is 2.52. The fraction of sp³-hybridized carbons (Fsp3) is 0.286. The van der Waals surface area contributed by atoms with Gasteiger partial charge in [0.05, 0.1) is 24.5 Å². The molecular weight excluding hydrogens is 378 g/mol. The average molecular weight is 396 g/mol. The van der Waals surface area contributed by atoms with Gasteiger partial charge in [0.25, 0.3) is 0 Å². The molecule has 0 unspecified atom stereocenters. The van der Waals surface area contributed by atoms with Crippen molar-refractivity contribution in [3.05, 3.63) is 71.5 Å². The van der Waals surface area contributed by atoms with Crippen molar-refractivity contribution >= 4 is 29.1 Å². The maximum atomic E-state index is 13.2. The van der Waals surface area contributed by atoms with E-state index >= 15 is 0 Å². The number of fused-ring (bicyclic) bond motifs is 1. The summed E-state index contributed by atoms with van der Waals surface area (Å²) in [5.41, 5.74) is 0.927. The van der Waals surface area contributed by atoms with Crippen molar-refractivity contribution in [2.75, 3.05) is 11.4 Å². The predicted octanol–water partition coefficient (Wildman–Crippen LogP) is 2.34. The van der Waals surface area contributed by atoms with Crippen LogP contribution in [0, 0.1) is 11.8 Å². The van der Waals surface area contributed by atoms with Gasteiger partial charge in [0.1, 0.15) is 5.60 Å². The molecule has 2 aromatic rings. The lowest BCUT2D eigenvalue weighted by Crippen LogP contribution is -2.44. The zero-order valence-electron chi connectivity index (χ0n) is 14.9. The first-order valence-corrected chi connectivity index (χ1v) is 9.56. The number of anilines is 1. The molecule has 28 heavy (non-hydrogen) atoms. The van der Waals surface area contributed by atoms with Crippen LogP contribution < -0.4 is 10.2 Å². The molecule has 1 N–H and O–H groups in total. The van der Waals surface area contributed by atoms with E-state index in [-0.39, 0.29) is 17.9 Å². The van der Waals surface area contributed by atoms with Gasteiger partial charge in [-0.25, -0.2) is 0 Å². The first kappa shape index (κ1) is 17.4. The maximum absolute atomic E-state index is 13.2. The van der Waals surface area contributed by atoms with Crippen LogP contribution in [0.5, 0.6) is 0 Å². The van der Waals surface area contributed by atoms with Crippen LogP contribution in [0.4, 0.5) is 5.69 Å². The van der Waals surface area contributed by atoms with Crippen molar-refractivity contribution in [1.82, 2.24) is 10.3 Å². The summed E-state index contributed by atoms with van der Waals surface area (Å²) in [5.74, 6) is -1.31. The van der Waals surface area contributed by atoms with Crippen LogP contribution in [-0.2, 0) is 20.9 Å². The molecule has 0 radical (unpaired) electrons. The van der Waals surface area contributed by atoms with Crippen molar-refractivity contribution < 1.29 is 14.3 Å². The molecule has 4 heterocycles. The SMILES string of the molecule is O=C(NCc1cccnc1)[C@@H]1[C@H]2C=C[C@@]3(CN(c4ccc(Cl)cc4)C(=O)[C@@H]13)O2. The van der Waals surface area contributed by atoms with Gasteiger partial charge in [-0.1, -0.05) is 29.8 Å². The Kier molecular flexibility index (Phi) is 4.00. The molecule has 142 valence electrons. The Bertz CT molecular complexity index is 963. The molecule has 5 rings (SSSR count). The van der Waals surface area contributed by atoms with E-state index in [1.165, 1.54) is 0 Å². The second kappa shape index (κ2) is 6.43. The van der Waals surface area contributed by atoms with Crippen molar-refractivity contribution in [3.63, 3.8) is 0 Å². The van der Waals surface area contributed by atoms with E-state index in [1.54, 1.807) is 29.4 Å². The molecule has 0 saturated carbocycles. The Labute approximate surface area is 167 Å². The quantitative estimate of drug-likeness (QED) is 0.806. The second-order valence-corrected chi connectivity index (χ2v) is 7.82. The summed E-state index contributed by atoms with van der Waals surface area (Å²) in [6, 6.07) is 10.8. The maximum Gasteiger partial charge on any atom is 0.234 e. The molecule has 2 saturated heterocycles. The monoisotopic (exact) mass is 395 g/mol. The van der Waals surface area contributed by atoms with E-state index < -0.39 is 17.4 Å². The molecular formula is C21H18ClN3O3. The zero-order valence-corrected chi connectivity index (χ0v) is 15.7. The van der Waals surface area contributed by atoms with Crippen LogP contribution in [0.25, 0.3) is 0 Å². The number of hydrogen-bond acceptors (Lipinski definition) is 4. The van der Waals surface area contributed by atoms with Gasteiger partial charge in [-0.05, 0) is 35.9 Å². The molecule has 3 aliphatic rings. The van der Waals surface area contributed by atoms with E-state index in [9.17, 15) is 9.59 Å². The minimum atomic E-state index is -0.738. The van der Waals surface area contributed by atoms with E-state index in [4.69, 9.17) is 16.3 Å². The number of pyridine rings is 1. The molecule has 4 atom stereocenters. The molecule has 6 nitrogen and oxygen atoms in total. The Hall–Kier alpha value is -2.70. The number of amides is 2. The molecule has 1 spiro atoms. The smallest absolute Gasteiger partial charge is 0.234 e. The molecule has 0 aliphatic carbocycles. The zero-order chi connectivity index (χ0) is 19.3. The minimum absolute atomic E-state index is 0.0873. The van der Waals surface area contributed by atoms with Gasteiger partial charge in [0, 0.05) is 29.6 Å². The van der Waals surface area contributed by atoms with Crippen molar-refractivity contribution in [3.8, 4) is 0 Å². The van der Waals surface area contributed by atoms with Crippen LogP contribution >= 0.6 is 11.6 Å². The first-order valence-electron chi connectivity index (χ1n) is 9.18. The Morgan fingerprint density at radius 3 is 2.89 bits per heavy atom. The van der Waals surface area contributed by atoms with Crippen LogP contribution in [0.15, 0.2) is 60.9 Å².